The fourth-order valence-corrected chi connectivity index (χ4v) is 1.37. The van der Waals surface area contributed by atoms with Crippen molar-refractivity contribution in [2.45, 2.75) is 0 Å². The summed E-state index contributed by atoms with van der Waals surface area (Å²) < 4.78 is 8.72. The van der Waals surface area contributed by atoms with Gasteiger partial charge in [-0.2, -0.15) is 0 Å². The van der Waals surface area contributed by atoms with Gasteiger partial charge in [-0.15, -0.1) is 0 Å². The van der Waals surface area contributed by atoms with Crippen molar-refractivity contribution < 1.29 is 38.1 Å². The first-order chi connectivity index (χ1) is 1.89. The van der Waals surface area contributed by atoms with Crippen molar-refractivity contribution in [3.05, 3.63) is 0 Å². The maximum absolute atomic E-state index is 4.36. The van der Waals surface area contributed by atoms with Gasteiger partial charge < -0.3 is 0 Å². The monoisotopic (exact) mass is 181 g/mol. The molecule has 4 heteroatoms. The van der Waals surface area contributed by atoms with E-state index in [0.717, 1.165) is 0 Å². The van der Waals surface area contributed by atoms with Gasteiger partial charge >= 0.3 is 38.1 Å². The summed E-state index contributed by atoms with van der Waals surface area (Å²) >= 11 is 0.993. The number of hydrogen-bond acceptors (Lipinski definition) is 2. The molecule has 0 aliphatic carbocycles. The Balaban J connectivity index is 2.17. The molecule has 1 aliphatic rings. The second kappa shape index (κ2) is 1.11. The van der Waals surface area contributed by atoms with E-state index in [2.05, 4.69) is 7.63 Å². The van der Waals surface area contributed by atoms with E-state index in [1.165, 1.54) is 0 Å². The molecule has 0 aromatic carbocycles. The molecule has 23 valence electrons. The molecule has 0 bridgehead atoms. The van der Waals surface area contributed by atoms with E-state index in [0.29, 0.717) is 0 Å². The van der Waals surface area contributed by atoms with Crippen molar-refractivity contribution >= 4 is 0 Å². The SMILES string of the molecule is [Mo][V]1[O][O]1. The second-order valence-electron chi connectivity index (χ2n) is 0.373. The number of hydrogen-bond donors (Lipinski definition) is 0. The van der Waals surface area contributed by atoms with Crippen molar-refractivity contribution in [2.75, 3.05) is 0 Å². The van der Waals surface area contributed by atoms with Crippen LogP contribution in [0.25, 0.3) is 0 Å². The molecule has 0 radical (unpaired) electrons. The molecule has 1 rings (SSSR count). The van der Waals surface area contributed by atoms with Gasteiger partial charge in [-0.25, -0.2) is 0 Å². The van der Waals surface area contributed by atoms with Crippen molar-refractivity contribution in [2.24, 2.45) is 0 Å². The van der Waals surface area contributed by atoms with Crippen LogP contribution in [0.1, 0.15) is 0 Å². The second-order valence-corrected chi connectivity index (χ2v) is 4.56. The molecule has 4 heavy (non-hydrogen) atoms. The Kier molecular flexibility index (Phi) is 0.943. The van der Waals surface area contributed by atoms with Crippen molar-refractivity contribution in [1.29, 1.82) is 0 Å². The van der Waals surface area contributed by atoms with Gasteiger partial charge in [0.1, 0.15) is 0 Å². The van der Waals surface area contributed by atoms with Crippen molar-refractivity contribution in [1.82, 2.24) is 0 Å². The van der Waals surface area contributed by atoms with Crippen LogP contribution in [0.5, 0.6) is 0 Å². The summed E-state index contributed by atoms with van der Waals surface area (Å²) in [5, 5.41) is 0. The van der Waals surface area contributed by atoms with Crippen LogP contribution < -0.4 is 0 Å². The molecular formula is MoO2V. The molecule has 0 atom stereocenters. The number of rotatable bonds is 0. The third-order valence-electron chi connectivity index (χ3n) is 0.135. The van der Waals surface area contributed by atoms with Crippen LogP contribution in [-0.4, -0.2) is 0 Å². The first kappa shape index (κ1) is 3.39. The Labute approximate surface area is 38.3 Å². The fraction of sp³-hybridized carbons (Fsp3) is 0. The molecule has 0 saturated carbocycles. The van der Waals surface area contributed by atoms with Crippen LogP contribution in [0.4, 0.5) is 0 Å². The van der Waals surface area contributed by atoms with Gasteiger partial charge in [0.15, 0.2) is 0 Å². The molecule has 1 saturated heterocycles. The van der Waals surface area contributed by atoms with Gasteiger partial charge in [-0.05, 0) is 0 Å². The van der Waals surface area contributed by atoms with E-state index in [4.69, 9.17) is 0 Å². The van der Waals surface area contributed by atoms with Crippen LogP contribution in [0.3, 0.4) is 0 Å². The Hall–Kier alpha value is 1.19. The maximum atomic E-state index is 4.36. The van der Waals surface area contributed by atoms with Gasteiger partial charge in [0.05, 0.1) is 0 Å². The average molecular weight is 179 g/mol. The zero-order valence-corrected chi connectivity index (χ0v) is 5.08. The third-order valence-corrected chi connectivity index (χ3v) is 1.79. The minimum atomic E-state index is -0.928. The van der Waals surface area contributed by atoms with Gasteiger partial charge in [-0.1, -0.05) is 0 Å². The van der Waals surface area contributed by atoms with E-state index in [-0.39, 0.29) is 0 Å². The molecule has 0 unspecified atom stereocenters. The van der Waals surface area contributed by atoms with Crippen LogP contribution >= 0.6 is 0 Å². The van der Waals surface area contributed by atoms with Gasteiger partial charge in [0.2, 0.25) is 0 Å². The summed E-state index contributed by atoms with van der Waals surface area (Å²) in [4.78, 5) is 0. The molecule has 2 nitrogen and oxygen atoms in total. The van der Waals surface area contributed by atoms with Crippen molar-refractivity contribution in [3.8, 4) is 0 Å². The summed E-state index contributed by atoms with van der Waals surface area (Å²) in [6, 6.07) is 0. The molecule has 0 N–H and O–H groups in total. The van der Waals surface area contributed by atoms with Gasteiger partial charge in [0, 0.05) is 0 Å². The Morgan fingerprint density at radius 2 is 1.75 bits per heavy atom. The summed E-state index contributed by atoms with van der Waals surface area (Å²) in [6.07, 6.45) is 0. The summed E-state index contributed by atoms with van der Waals surface area (Å²) in [7, 11) is 0. The molecule has 1 heterocycles. The van der Waals surface area contributed by atoms with Crippen molar-refractivity contribution in [3.63, 3.8) is 0 Å². The molecule has 0 spiro atoms. The quantitative estimate of drug-likeness (QED) is 0.293. The summed E-state index contributed by atoms with van der Waals surface area (Å²) in [6.45, 7) is 0. The molecule has 0 aromatic rings. The van der Waals surface area contributed by atoms with Gasteiger partial charge in [0.25, 0.3) is 0 Å². The Bertz CT molecular complexity index is 25.2. The Morgan fingerprint density at radius 1 is 1.50 bits per heavy atom. The first-order valence-corrected chi connectivity index (χ1v) is 6.13. The molecular weight excluding hydrogens is 179 g/mol. The molecule has 0 amide bonds. The van der Waals surface area contributed by atoms with E-state index in [1.54, 1.807) is 0 Å². The normalized spacial score (nSPS) is 26.0. The van der Waals surface area contributed by atoms with Crippen LogP contribution in [0.2, 0.25) is 0 Å². The average Bonchev–Trinajstić information content (AvgIpc) is 1.75. The Morgan fingerprint density at radius 3 is 1.75 bits per heavy atom. The zero-order chi connectivity index (χ0) is 2.99. The van der Waals surface area contributed by atoms with Crippen LogP contribution in [0.15, 0.2) is 0 Å². The zero-order valence-electron chi connectivity index (χ0n) is 1.67. The van der Waals surface area contributed by atoms with E-state index in [1.807, 2.05) is 17.4 Å². The predicted molar refractivity (Wildman–Crippen MR) is 2.17 cm³/mol. The van der Waals surface area contributed by atoms with E-state index in [9.17, 15) is 0 Å². The molecule has 1 aliphatic heterocycles. The summed E-state index contributed by atoms with van der Waals surface area (Å²) in [5.41, 5.74) is 0. The van der Waals surface area contributed by atoms with E-state index < -0.39 is 13.1 Å². The third kappa shape index (κ3) is 0.873. The standard InChI is InChI=1S/Mo.O2.V/c;1-2;/q;-2;+2. The fourth-order valence-electron chi connectivity index (χ4n) is 0.0136. The summed E-state index contributed by atoms with van der Waals surface area (Å²) in [5.74, 6) is 0. The molecule has 0 aromatic heterocycles. The topological polar surface area (TPSA) is 25.1 Å². The molecule has 1 fully saturated rings. The van der Waals surface area contributed by atoms with E-state index >= 15 is 0 Å². The van der Waals surface area contributed by atoms with Gasteiger partial charge in [-0.3, -0.25) is 0 Å². The minimum absolute atomic E-state index is 0.928. The van der Waals surface area contributed by atoms with Crippen LogP contribution in [-0.2, 0) is 38.1 Å². The van der Waals surface area contributed by atoms with Crippen LogP contribution in [0, 0.1) is 0 Å². The predicted octanol–water partition coefficient (Wildman–Crippen LogP) is -0.142. The first-order valence-electron chi connectivity index (χ1n) is 0.714.